The summed E-state index contributed by atoms with van der Waals surface area (Å²) in [5.74, 6) is -0.341. The van der Waals surface area contributed by atoms with Crippen LogP contribution in [0.1, 0.15) is 12.0 Å². The molecule has 0 fully saturated rings. The average molecular weight is 288 g/mol. The molecule has 0 unspecified atom stereocenters. The number of carbonyl (C=O) groups excluding carboxylic acids is 1. The maximum atomic E-state index is 11.7. The second kappa shape index (κ2) is 7.45. The highest BCUT2D eigenvalue weighted by Crippen LogP contribution is 2.11. The van der Waals surface area contributed by atoms with E-state index in [9.17, 15) is 4.79 Å². The van der Waals surface area contributed by atoms with E-state index in [0.29, 0.717) is 11.4 Å². The Morgan fingerprint density at radius 2 is 1.63 bits per heavy atom. The first-order chi connectivity index (χ1) is 9.05. The van der Waals surface area contributed by atoms with Crippen LogP contribution in [0.5, 0.6) is 0 Å². The second-order valence-corrected chi connectivity index (χ2v) is 4.87. The van der Waals surface area contributed by atoms with Crippen LogP contribution in [0.15, 0.2) is 24.3 Å². The Kier molecular flexibility index (Phi) is 6.24. The van der Waals surface area contributed by atoms with Gasteiger partial charge in [0.15, 0.2) is 0 Å². The lowest BCUT2D eigenvalue weighted by Crippen LogP contribution is -2.57. The number of nitrogens with one attached hydrogen (secondary N) is 1. The Labute approximate surface area is 116 Å². The molecule has 0 heterocycles. The molecular weight excluding hydrogens is 270 g/mol. The van der Waals surface area contributed by atoms with Gasteiger partial charge in [-0.1, -0.05) is 23.7 Å². The Balaban J connectivity index is 2.49. The third-order valence-corrected chi connectivity index (χ3v) is 3.12. The molecule has 0 atom stereocenters. The van der Waals surface area contributed by atoms with Gasteiger partial charge in [-0.25, -0.2) is 0 Å². The van der Waals surface area contributed by atoms with E-state index in [4.69, 9.17) is 26.9 Å². The van der Waals surface area contributed by atoms with Gasteiger partial charge in [-0.15, -0.1) is 0 Å². The topological polar surface area (TPSA) is 89.8 Å². The maximum absolute atomic E-state index is 11.7. The molecule has 0 aromatic heterocycles. The Morgan fingerprint density at radius 3 is 2.11 bits per heavy atom. The van der Waals surface area contributed by atoms with E-state index < -0.39 is 25.4 Å². The molecule has 1 amide bonds. The summed E-state index contributed by atoms with van der Waals surface area (Å²) in [6.07, 6.45) is 0.713. The van der Waals surface area contributed by atoms with E-state index >= 15 is 0 Å². The van der Waals surface area contributed by atoms with Crippen molar-refractivity contribution in [3.63, 3.8) is 0 Å². The summed E-state index contributed by atoms with van der Waals surface area (Å²) in [6.45, 7) is -1.56. The predicted molar refractivity (Wildman–Crippen MR) is 71.9 cm³/mol. The number of benzene rings is 1. The summed E-state index contributed by atoms with van der Waals surface area (Å²) in [7, 11) is 0. The fourth-order valence-corrected chi connectivity index (χ4v) is 1.66. The first-order valence-corrected chi connectivity index (χ1v) is 6.31. The van der Waals surface area contributed by atoms with Crippen molar-refractivity contribution in [2.75, 3.05) is 19.8 Å². The summed E-state index contributed by atoms with van der Waals surface area (Å²) in [5.41, 5.74) is -0.404. The summed E-state index contributed by atoms with van der Waals surface area (Å²) < 4.78 is 0. The fraction of sp³-hybridized carbons (Fsp3) is 0.462. The molecule has 1 rings (SSSR count). The smallest absolute Gasteiger partial charge is 0.220 e. The third-order valence-electron chi connectivity index (χ3n) is 2.87. The van der Waals surface area contributed by atoms with Crippen LogP contribution in [0.2, 0.25) is 5.02 Å². The van der Waals surface area contributed by atoms with E-state index in [1.807, 2.05) is 12.1 Å². The van der Waals surface area contributed by atoms with Crippen molar-refractivity contribution < 1.29 is 20.1 Å². The number of amides is 1. The minimum Gasteiger partial charge on any atom is -0.394 e. The van der Waals surface area contributed by atoms with Crippen molar-refractivity contribution in [3.8, 4) is 0 Å². The molecule has 0 saturated heterocycles. The lowest BCUT2D eigenvalue weighted by molar-refractivity contribution is -0.125. The van der Waals surface area contributed by atoms with Crippen LogP contribution in [-0.4, -0.2) is 46.6 Å². The predicted octanol–water partition coefficient (Wildman–Crippen LogP) is 0.104. The first-order valence-electron chi connectivity index (χ1n) is 5.93. The van der Waals surface area contributed by atoms with Crippen LogP contribution in [0.4, 0.5) is 0 Å². The van der Waals surface area contributed by atoms with Crippen molar-refractivity contribution >= 4 is 17.5 Å². The van der Waals surface area contributed by atoms with Gasteiger partial charge in [-0.3, -0.25) is 4.79 Å². The van der Waals surface area contributed by atoms with Crippen LogP contribution in [-0.2, 0) is 11.2 Å². The molecule has 0 radical (unpaired) electrons. The molecule has 5 nitrogen and oxygen atoms in total. The zero-order chi connectivity index (χ0) is 14.3. The number of aliphatic hydroxyl groups is 3. The largest absolute Gasteiger partial charge is 0.394 e. The first kappa shape index (κ1) is 15.9. The fourth-order valence-electron chi connectivity index (χ4n) is 1.54. The Morgan fingerprint density at radius 1 is 1.11 bits per heavy atom. The van der Waals surface area contributed by atoms with Crippen molar-refractivity contribution in [1.82, 2.24) is 5.32 Å². The maximum Gasteiger partial charge on any atom is 0.220 e. The quantitative estimate of drug-likeness (QED) is 0.573. The lowest BCUT2D eigenvalue weighted by atomic mass is 10.0. The van der Waals surface area contributed by atoms with Gasteiger partial charge in [0.25, 0.3) is 0 Å². The summed E-state index contributed by atoms with van der Waals surface area (Å²) in [5, 5.41) is 30.4. The van der Waals surface area contributed by atoms with Crippen LogP contribution in [0.25, 0.3) is 0 Å². The standard InChI is InChI=1S/C13H18ClNO4/c14-11-4-1-10(2-5-11)3-6-12(19)15-13(7-16,8-17)9-18/h1-2,4-5,16-18H,3,6-9H2,(H,15,19). The van der Waals surface area contributed by atoms with Crippen LogP contribution < -0.4 is 5.32 Å². The number of hydrogen-bond acceptors (Lipinski definition) is 4. The van der Waals surface area contributed by atoms with Crippen molar-refractivity contribution in [2.45, 2.75) is 18.4 Å². The minimum absolute atomic E-state index is 0.198. The van der Waals surface area contributed by atoms with Gasteiger partial charge in [-0.2, -0.15) is 0 Å². The summed E-state index contributed by atoms with van der Waals surface area (Å²) in [6, 6.07) is 7.14. The van der Waals surface area contributed by atoms with Gasteiger partial charge in [0.2, 0.25) is 5.91 Å². The van der Waals surface area contributed by atoms with E-state index in [2.05, 4.69) is 5.32 Å². The second-order valence-electron chi connectivity index (χ2n) is 4.43. The molecule has 0 aliphatic rings. The van der Waals surface area contributed by atoms with Crippen LogP contribution in [0.3, 0.4) is 0 Å². The molecule has 4 N–H and O–H groups in total. The van der Waals surface area contributed by atoms with Gasteiger partial charge in [0.1, 0.15) is 5.54 Å². The molecule has 19 heavy (non-hydrogen) atoms. The molecule has 0 aliphatic heterocycles. The van der Waals surface area contributed by atoms with Gasteiger partial charge in [0.05, 0.1) is 19.8 Å². The molecule has 0 saturated carbocycles. The SMILES string of the molecule is O=C(CCc1ccc(Cl)cc1)NC(CO)(CO)CO. The Hall–Kier alpha value is -1.14. The Bertz CT molecular complexity index is 395. The van der Waals surface area contributed by atoms with E-state index in [1.54, 1.807) is 12.1 Å². The van der Waals surface area contributed by atoms with Crippen molar-refractivity contribution in [3.05, 3.63) is 34.9 Å². The molecule has 106 valence electrons. The zero-order valence-corrected chi connectivity index (χ0v) is 11.2. The third kappa shape index (κ3) is 4.80. The number of aliphatic hydroxyl groups excluding tert-OH is 3. The van der Waals surface area contributed by atoms with E-state index in [-0.39, 0.29) is 12.3 Å². The minimum atomic E-state index is -1.36. The number of rotatable bonds is 7. The highest BCUT2D eigenvalue weighted by molar-refractivity contribution is 6.30. The van der Waals surface area contributed by atoms with Gasteiger partial charge < -0.3 is 20.6 Å². The van der Waals surface area contributed by atoms with Gasteiger partial charge in [-0.05, 0) is 24.1 Å². The van der Waals surface area contributed by atoms with Crippen LogP contribution in [0, 0.1) is 0 Å². The number of aryl methyl sites for hydroxylation is 1. The molecule has 6 heteroatoms. The molecule has 0 bridgehead atoms. The molecule has 0 aliphatic carbocycles. The molecule has 1 aromatic carbocycles. The van der Waals surface area contributed by atoms with Crippen molar-refractivity contribution in [1.29, 1.82) is 0 Å². The summed E-state index contributed by atoms with van der Waals surface area (Å²) in [4.78, 5) is 11.7. The van der Waals surface area contributed by atoms with Crippen molar-refractivity contribution in [2.24, 2.45) is 0 Å². The number of hydrogen-bond donors (Lipinski definition) is 4. The highest BCUT2D eigenvalue weighted by atomic mass is 35.5. The van der Waals surface area contributed by atoms with E-state index in [0.717, 1.165) is 5.56 Å². The normalized spacial score (nSPS) is 11.4. The van der Waals surface area contributed by atoms with Crippen LogP contribution >= 0.6 is 11.6 Å². The molecular formula is C13H18ClNO4. The zero-order valence-electron chi connectivity index (χ0n) is 10.5. The van der Waals surface area contributed by atoms with E-state index in [1.165, 1.54) is 0 Å². The van der Waals surface area contributed by atoms with Gasteiger partial charge in [0, 0.05) is 11.4 Å². The molecule has 1 aromatic rings. The lowest BCUT2D eigenvalue weighted by Gasteiger charge is -2.28. The number of halogens is 1. The average Bonchev–Trinajstić information content (AvgIpc) is 2.44. The monoisotopic (exact) mass is 287 g/mol. The highest BCUT2D eigenvalue weighted by Gasteiger charge is 2.29. The van der Waals surface area contributed by atoms with Gasteiger partial charge >= 0.3 is 0 Å². The summed E-state index contributed by atoms with van der Waals surface area (Å²) >= 11 is 5.76. The number of carbonyl (C=O) groups is 1. The molecule has 0 spiro atoms.